The lowest BCUT2D eigenvalue weighted by Crippen LogP contribution is -2.33. The predicted octanol–water partition coefficient (Wildman–Crippen LogP) is -1.90. The Morgan fingerprint density at radius 1 is 1.08 bits per heavy atom. The van der Waals surface area contributed by atoms with Crippen LogP contribution in [0.25, 0.3) is 0 Å². The summed E-state index contributed by atoms with van der Waals surface area (Å²) in [5.74, 6) is -1.87. The third-order valence-electron chi connectivity index (χ3n) is 2.52. The second-order valence-corrected chi connectivity index (χ2v) is 9.60. The molecule has 1 rings (SSSR count). The first-order valence-electron chi connectivity index (χ1n) is 6.20. The van der Waals surface area contributed by atoms with Gasteiger partial charge in [0.25, 0.3) is 0 Å². The SMILES string of the molecule is Nc1ccc(S(=O)(=O)NCCS(=O)(=O)CC(O)OS(=O)(=O)O)cc1. The van der Waals surface area contributed by atoms with E-state index in [0.717, 1.165) is 0 Å². The van der Waals surface area contributed by atoms with Gasteiger partial charge in [0, 0.05) is 12.2 Å². The molecule has 5 N–H and O–H groups in total. The summed E-state index contributed by atoms with van der Waals surface area (Å²) < 4.78 is 81.7. The summed E-state index contributed by atoms with van der Waals surface area (Å²) in [6.07, 6.45) is -2.31. The molecule has 0 bridgehead atoms. The van der Waals surface area contributed by atoms with E-state index >= 15 is 0 Å². The maximum Gasteiger partial charge on any atom is 0.399 e. The number of nitrogens with one attached hydrogen (secondary N) is 1. The van der Waals surface area contributed by atoms with E-state index in [1.807, 2.05) is 4.72 Å². The van der Waals surface area contributed by atoms with Crippen molar-refractivity contribution in [1.82, 2.24) is 4.72 Å². The predicted molar refractivity (Wildman–Crippen MR) is 83.3 cm³/mol. The third-order valence-corrected chi connectivity index (χ3v) is 6.09. The molecule has 0 aromatic heterocycles. The van der Waals surface area contributed by atoms with Crippen molar-refractivity contribution in [3.05, 3.63) is 24.3 Å². The Hall–Kier alpha value is -1.29. The Morgan fingerprint density at radius 2 is 1.62 bits per heavy atom. The summed E-state index contributed by atoms with van der Waals surface area (Å²) in [6, 6.07) is 5.17. The average molecular weight is 404 g/mol. The van der Waals surface area contributed by atoms with E-state index in [9.17, 15) is 25.3 Å². The molecule has 0 fully saturated rings. The summed E-state index contributed by atoms with van der Waals surface area (Å²) in [5.41, 5.74) is 5.78. The van der Waals surface area contributed by atoms with Crippen molar-refractivity contribution in [3.8, 4) is 0 Å². The minimum absolute atomic E-state index is 0.121. The molecule has 11 nitrogen and oxygen atoms in total. The van der Waals surface area contributed by atoms with Gasteiger partial charge in [-0.2, -0.15) is 8.42 Å². The number of aliphatic hydroxyl groups excluding tert-OH is 1. The van der Waals surface area contributed by atoms with Gasteiger partial charge in [-0.15, -0.1) is 0 Å². The van der Waals surface area contributed by atoms with Crippen LogP contribution in [0.15, 0.2) is 29.2 Å². The Kier molecular flexibility index (Phi) is 6.68. The van der Waals surface area contributed by atoms with Gasteiger partial charge in [-0.1, -0.05) is 0 Å². The van der Waals surface area contributed by atoms with Crippen molar-refractivity contribution < 1.29 is 39.1 Å². The van der Waals surface area contributed by atoms with Gasteiger partial charge in [0.2, 0.25) is 10.0 Å². The zero-order valence-corrected chi connectivity index (χ0v) is 14.5. The number of aliphatic hydroxyl groups is 1. The number of hydrogen-bond acceptors (Lipinski definition) is 9. The molecule has 24 heavy (non-hydrogen) atoms. The minimum atomic E-state index is -5.02. The van der Waals surface area contributed by atoms with Gasteiger partial charge in [-0.25, -0.2) is 25.7 Å². The zero-order valence-electron chi connectivity index (χ0n) is 12.1. The number of benzene rings is 1. The Bertz CT molecular complexity index is 861. The summed E-state index contributed by atoms with van der Waals surface area (Å²) >= 11 is 0. The lowest BCUT2D eigenvalue weighted by Gasteiger charge is -2.10. The van der Waals surface area contributed by atoms with Crippen molar-refractivity contribution in [2.75, 3.05) is 23.8 Å². The monoisotopic (exact) mass is 404 g/mol. The summed E-state index contributed by atoms with van der Waals surface area (Å²) in [6.45, 7) is -0.520. The van der Waals surface area contributed by atoms with Crippen LogP contribution in [0.3, 0.4) is 0 Å². The minimum Gasteiger partial charge on any atom is -0.399 e. The number of rotatable bonds is 9. The standard InChI is InChI=1S/C10H16N2O9S3/c11-8-1-3-9(4-2-8)23(16,17)12-5-6-22(14,15)7-10(13)21-24(18,19)20/h1-4,10,12-13H,5-7,11H2,(H,18,19,20). The van der Waals surface area contributed by atoms with Gasteiger partial charge in [-0.05, 0) is 24.3 Å². The molecule has 0 aliphatic heterocycles. The number of nitrogen functional groups attached to an aromatic ring is 1. The molecule has 1 aromatic rings. The lowest BCUT2D eigenvalue weighted by molar-refractivity contribution is -0.000184. The van der Waals surface area contributed by atoms with Crippen LogP contribution < -0.4 is 10.5 Å². The van der Waals surface area contributed by atoms with E-state index in [1.165, 1.54) is 24.3 Å². The van der Waals surface area contributed by atoms with Crippen LogP contribution in [0.2, 0.25) is 0 Å². The summed E-state index contributed by atoms with van der Waals surface area (Å²) in [7, 11) is -13.0. The van der Waals surface area contributed by atoms with Gasteiger partial charge in [0.1, 0.15) is 5.75 Å². The highest BCUT2D eigenvalue weighted by atomic mass is 32.3. The van der Waals surface area contributed by atoms with Gasteiger partial charge in [0.05, 0.1) is 10.6 Å². The second kappa shape index (κ2) is 7.73. The van der Waals surface area contributed by atoms with E-state index in [1.54, 1.807) is 0 Å². The highest BCUT2D eigenvalue weighted by Crippen LogP contribution is 2.11. The van der Waals surface area contributed by atoms with Gasteiger partial charge >= 0.3 is 10.4 Å². The maximum atomic E-state index is 11.9. The topological polar surface area (TPSA) is 190 Å². The molecule has 1 unspecified atom stereocenters. The molecule has 0 saturated heterocycles. The molecule has 1 aromatic carbocycles. The van der Waals surface area contributed by atoms with Crippen LogP contribution in [0.5, 0.6) is 0 Å². The molecular weight excluding hydrogens is 388 g/mol. The van der Waals surface area contributed by atoms with Crippen molar-refractivity contribution in [2.24, 2.45) is 0 Å². The number of sulfonamides is 1. The molecule has 0 radical (unpaired) electrons. The van der Waals surface area contributed by atoms with Gasteiger partial charge < -0.3 is 10.8 Å². The van der Waals surface area contributed by atoms with Crippen molar-refractivity contribution in [2.45, 2.75) is 11.2 Å². The lowest BCUT2D eigenvalue weighted by atomic mass is 10.3. The second-order valence-electron chi connectivity index (χ2n) is 4.56. The molecule has 0 aliphatic rings. The van der Waals surface area contributed by atoms with Crippen LogP contribution in [0.4, 0.5) is 5.69 Å². The Balaban J connectivity index is 2.60. The fourth-order valence-electron chi connectivity index (χ4n) is 1.53. The quantitative estimate of drug-likeness (QED) is 0.205. The molecule has 138 valence electrons. The van der Waals surface area contributed by atoms with Crippen LogP contribution in [-0.4, -0.2) is 59.3 Å². The molecule has 0 amide bonds. The highest BCUT2D eigenvalue weighted by Gasteiger charge is 2.23. The van der Waals surface area contributed by atoms with E-state index in [0.29, 0.717) is 5.69 Å². The van der Waals surface area contributed by atoms with E-state index in [4.69, 9.17) is 15.4 Å². The Labute approximate surface area is 139 Å². The number of anilines is 1. The molecule has 0 heterocycles. The third kappa shape index (κ3) is 7.52. The average Bonchev–Trinajstić information content (AvgIpc) is 2.35. The van der Waals surface area contributed by atoms with Crippen LogP contribution in [0.1, 0.15) is 0 Å². The first kappa shape index (κ1) is 20.8. The molecular formula is C10H16N2O9S3. The highest BCUT2D eigenvalue weighted by molar-refractivity contribution is 7.91. The fraction of sp³-hybridized carbons (Fsp3) is 0.400. The number of nitrogens with two attached hydrogens (primary N) is 1. The van der Waals surface area contributed by atoms with Crippen LogP contribution >= 0.6 is 0 Å². The van der Waals surface area contributed by atoms with Crippen molar-refractivity contribution in [3.63, 3.8) is 0 Å². The Morgan fingerprint density at radius 3 is 2.12 bits per heavy atom. The number of hydrogen-bond donors (Lipinski definition) is 4. The van der Waals surface area contributed by atoms with Crippen molar-refractivity contribution in [1.29, 1.82) is 0 Å². The first-order chi connectivity index (χ1) is 10.8. The smallest absolute Gasteiger partial charge is 0.399 e. The normalized spacial score (nSPS) is 14.4. The zero-order chi connectivity index (χ0) is 18.6. The number of sulfone groups is 1. The van der Waals surface area contributed by atoms with Crippen LogP contribution in [0, 0.1) is 0 Å². The van der Waals surface area contributed by atoms with E-state index in [-0.39, 0.29) is 4.90 Å². The molecule has 0 spiro atoms. The first-order valence-corrected chi connectivity index (χ1v) is 10.9. The maximum absolute atomic E-state index is 11.9. The van der Waals surface area contributed by atoms with Crippen molar-refractivity contribution >= 4 is 35.9 Å². The van der Waals surface area contributed by atoms with Gasteiger partial charge in [-0.3, -0.25) is 4.55 Å². The molecule has 1 atom stereocenters. The molecule has 0 aliphatic carbocycles. The van der Waals surface area contributed by atoms with E-state index < -0.39 is 54.6 Å². The largest absolute Gasteiger partial charge is 0.399 e. The van der Waals surface area contributed by atoms with Gasteiger partial charge in [0.15, 0.2) is 16.1 Å². The van der Waals surface area contributed by atoms with Crippen LogP contribution in [-0.2, 0) is 34.4 Å². The summed E-state index contributed by atoms with van der Waals surface area (Å²) in [4.78, 5) is -0.121. The fourth-order valence-corrected chi connectivity index (χ4v) is 4.21. The summed E-state index contributed by atoms with van der Waals surface area (Å²) in [5, 5.41) is 9.09. The molecule has 0 saturated carbocycles. The molecule has 14 heteroatoms. The van der Waals surface area contributed by atoms with E-state index in [2.05, 4.69) is 4.18 Å².